The molecule has 1 saturated heterocycles. The van der Waals surface area contributed by atoms with Gasteiger partial charge in [-0.3, -0.25) is 0 Å². The van der Waals surface area contributed by atoms with E-state index in [0.29, 0.717) is 6.10 Å². The first-order chi connectivity index (χ1) is 13.2. The first kappa shape index (κ1) is 25.5. The van der Waals surface area contributed by atoms with Gasteiger partial charge in [0.15, 0.2) is 0 Å². The molecule has 0 radical (unpaired) electrons. The summed E-state index contributed by atoms with van der Waals surface area (Å²) in [6.07, 6.45) is 20.2. The molecule has 160 valence electrons. The van der Waals surface area contributed by atoms with E-state index in [1.165, 1.54) is 114 Å². The molecule has 0 aromatic rings. The van der Waals surface area contributed by atoms with Crippen molar-refractivity contribution in [3.05, 3.63) is 0 Å². The third-order valence-corrected chi connectivity index (χ3v) is 9.41. The lowest BCUT2D eigenvalue weighted by molar-refractivity contribution is 0.0876. The quantitative estimate of drug-likeness (QED) is 0.187. The third-order valence-electron chi connectivity index (χ3n) is 6.49. The van der Waals surface area contributed by atoms with Crippen LogP contribution in [0.15, 0.2) is 0 Å². The van der Waals surface area contributed by atoms with Gasteiger partial charge in [0.25, 0.3) is 0 Å². The molecule has 2 nitrogen and oxygen atoms in total. The van der Waals surface area contributed by atoms with Crippen LogP contribution in [0.1, 0.15) is 111 Å². The van der Waals surface area contributed by atoms with E-state index < -0.39 is 14.5 Å². The van der Waals surface area contributed by atoms with Crippen LogP contribution in [0.3, 0.4) is 0 Å². The minimum atomic E-state index is -1.02. The molecule has 1 fully saturated rings. The van der Waals surface area contributed by atoms with Crippen molar-refractivity contribution < 1.29 is 3.79 Å². The second-order valence-corrected chi connectivity index (χ2v) is 11.9. The molecule has 27 heavy (non-hydrogen) atoms. The van der Waals surface area contributed by atoms with E-state index >= 15 is 0 Å². The molecule has 0 amide bonds. The van der Waals surface area contributed by atoms with Crippen LogP contribution in [-0.4, -0.2) is 45.6 Å². The summed E-state index contributed by atoms with van der Waals surface area (Å²) in [7, 11) is 2.28. The van der Waals surface area contributed by atoms with Gasteiger partial charge in [-0.05, 0) is 39.3 Å². The maximum atomic E-state index is 6.81. The van der Waals surface area contributed by atoms with Crippen molar-refractivity contribution >= 4 is 14.5 Å². The lowest BCUT2D eigenvalue weighted by atomic mass is 9.94. The maximum absolute atomic E-state index is 6.81. The van der Waals surface area contributed by atoms with Crippen molar-refractivity contribution in [1.82, 2.24) is 4.90 Å². The summed E-state index contributed by atoms with van der Waals surface area (Å²) >= 11 is -1.02. The minimum absolute atomic E-state index is 0.490. The molecule has 1 aliphatic heterocycles. The molecule has 1 aliphatic rings. The maximum Gasteiger partial charge on any atom is 0.460 e. The molecule has 1 rings (SSSR count). The molecule has 0 spiro atoms. The Kier molecular flexibility index (Phi) is 16.4. The van der Waals surface area contributed by atoms with Crippen LogP contribution >= 0.6 is 0 Å². The van der Waals surface area contributed by atoms with Gasteiger partial charge >= 0.3 is 14.5 Å². The highest BCUT2D eigenvalue weighted by Gasteiger charge is 2.28. The Labute approximate surface area is 176 Å². The molecule has 0 aromatic heterocycles. The Morgan fingerprint density at radius 3 is 1.89 bits per heavy atom. The molecule has 3 heteroatoms. The fraction of sp³-hybridized carbons (Fsp3) is 1.00. The van der Waals surface area contributed by atoms with Gasteiger partial charge in [0.05, 0.1) is 0 Å². The van der Waals surface area contributed by atoms with Crippen molar-refractivity contribution in [2.75, 3.05) is 20.1 Å². The topological polar surface area (TPSA) is 12.5 Å². The van der Waals surface area contributed by atoms with Gasteiger partial charge in [0.1, 0.15) is 0 Å². The average Bonchev–Trinajstić information content (AvgIpc) is 2.66. The Morgan fingerprint density at radius 1 is 0.852 bits per heavy atom. The molecule has 0 saturated carbocycles. The van der Waals surface area contributed by atoms with Gasteiger partial charge in [-0.1, -0.05) is 101 Å². The van der Waals surface area contributed by atoms with Gasteiger partial charge in [-0.15, -0.1) is 0 Å². The van der Waals surface area contributed by atoms with Crippen molar-refractivity contribution in [2.24, 2.45) is 5.92 Å². The van der Waals surface area contributed by atoms with E-state index in [9.17, 15) is 0 Å². The van der Waals surface area contributed by atoms with E-state index in [-0.39, 0.29) is 0 Å². The number of hydrogen-bond acceptors (Lipinski definition) is 2. The first-order valence-corrected chi connectivity index (χ1v) is 14.6. The van der Waals surface area contributed by atoms with Crippen LogP contribution in [0.4, 0.5) is 0 Å². The van der Waals surface area contributed by atoms with E-state index in [0.717, 1.165) is 5.92 Å². The summed E-state index contributed by atoms with van der Waals surface area (Å²) in [5.41, 5.74) is 0. The number of rotatable bonds is 17. The number of hydrogen-bond donors (Lipinski definition) is 0. The van der Waals surface area contributed by atoms with Crippen LogP contribution in [0.25, 0.3) is 0 Å². The fourth-order valence-electron chi connectivity index (χ4n) is 4.59. The summed E-state index contributed by atoms with van der Waals surface area (Å²) in [6, 6.07) is 0. The zero-order chi connectivity index (χ0) is 19.7. The third kappa shape index (κ3) is 13.3. The zero-order valence-corrected chi connectivity index (χ0v) is 20.5. The van der Waals surface area contributed by atoms with Gasteiger partial charge in [0, 0.05) is 12.6 Å². The van der Waals surface area contributed by atoms with Gasteiger partial charge in [-0.25, -0.2) is 0 Å². The molecular weight excluding hydrogens is 345 g/mol. The summed E-state index contributed by atoms with van der Waals surface area (Å²) in [4.78, 5) is 2.51. The van der Waals surface area contributed by atoms with E-state index in [1.54, 1.807) is 0 Å². The fourth-order valence-corrected chi connectivity index (χ4v) is 7.47. The number of piperidine rings is 1. The van der Waals surface area contributed by atoms with Crippen molar-refractivity contribution in [2.45, 2.75) is 127 Å². The lowest BCUT2D eigenvalue weighted by Gasteiger charge is -2.35. The molecule has 0 N–H and O–H groups in total. The Bertz CT molecular complexity index is 310. The molecule has 2 unspecified atom stereocenters. The normalized spacial score (nSPS) is 19.3. The minimum Gasteiger partial charge on any atom is -0.498 e. The highest BCUT2D eigenvalue weighted by atomic mass is 27.2. The van der Waals surface area contributed by atoms with E-state index in [4.69, 9.17) is 3.79 Å². The molecule has 0 aromatic carbocycles. The van der Waals surface area contributed by atoms with E-state index in [2.05, 4.69) is 32.7 Å². The highest BCUT2D eigenvalue weighted by Crippen LogP contribution is 2.24. The van der Waals surface area contributed by atoms with Crippen LogP contribution < -0.4 is 0 Å². The smallest absolute Gasteiger partial charge is 0.460 e. The first-order valence-electron chi connectivity index (χ1n) is 12.5. The number of nitrogens with zero attached hydrogens (tertiary/aromatic N) is 1. The molecule has 0 aliphatic carbocycles. The van der Waals surface area contributed by atoms with E-state index in [1.807, 2.05) is 0 Å². The van der Waals surface area contributed by atoms with Crippen molar-refractivity contribution in [1.29, 1.82) is 0 Å². The SMILES string of the molecule is CCCCCCC[CH2][Al]([CH2]CCCCCCC)[O]C(C)C1CCCN(C)C1. The highest BCUT2D eigenvalue weighted by molar-refractivity contribution is 6.51. The summed E-state index contributed by atoms with van der Waals surface area (Å²) < 4.78 is 6.81. The second kappa shape index (κ2) is 17.3. The number of likely N-dealkylation sites (tertiary alicyclic amines) is 1. The Hall–Kier alpha value is 0.452. The molecule has 2 atom stereocenters. The average molecular weight is 396 g/mol. The predicted molar refractivity (Wildman–Crippen MR) is 123 cm³/mol. The largest absolute Gasteiger partial charge is 0.498 e. The zero-order valence-electron chi connectivity index (χ0n) is 19.3. The summed E-state index contributed by atoms with van der Waals surface area (Å²) in [5.74, 6) is 0.771. The van der Waals surface area contributed by atoms with Crippen molar-refractivity contribution in [3.63, 3.8) is 0 Å². The number of unbranched alkanes of at least 4 members (excludes halogenated alkanes) is 10. The van der Waals surface area contributed by atoms with Gasteiger partial charge < -0.3 is 8.69 Å². The van der Waals surface area contributed by atoms with Crippen LogP contribution in [0, 0.1) is 5.92 Å². The summed E-state index contributed by atoms with van der Waals surface area (Å²) in [6.45, 7) is 9.52. The predicted octanol–water partition coefficient (Wildman–Crippen LogP) is 7.45. The second-order valence-electron chi connectivity index (χ2n) is 9.24. The van der Waals surface area contributed by atoms with Gasteiger partial charge in [0.2, 0.25) is 0 Å². The lowest BCUT2D eigenvalue weighted by Crippen LogP contribution is -2.40. The molecular formula is C24H50AlNO. The van der Waals surface area contributed by atoms with Gasteiger partial charge in [-0.2, -0.15) is 0 Å². The summed E-state index contributed by atoms with van der Waals surface area (Å²) in [5, 5.41) is 2.85. The molecule has 1 heterocycles. The Morgan fingerprint density at radius 2 is 1.37 bits per heavy atom. The molecule has 0 bridgehead atoms. The van der Waals surface area contributed by atoms with Crippen LogP contribution in [-0.2, 0) is 3.79 Å². The Balaban J connectivity index is 2.31. The van der Waals surface area contributed by atoms with Crippen LogP contribution in [0.2, 0.25) is 10.6 Å². The monoisotopic (exact) mass is 395 g/mol. The standard InChI is InChI=1S/C8H16NO.2C8H17.Al/c1-7(10)8-4-3-5-9(2)6-8;2*1-3-5-7-8-6-4-2;/h7-8H,3-6H2,1-2H3;2*1,3-8H2,2H3;/q-1;;;+1. The van der Waals surface area contributed by atoms with Crippen LogP contribution in [0.5, 0.6) is 0 Å². The van der Waals surface area contributed by atoms with Crippen molar-refractivity contribution in [3.8, 4) is 0 Å².